The lowest BCUT2D eigenvalue weighted by molar-refractivity contribution is -0.154. The van der Waals surface area contributed by atoms with Gasteiger partial charge in [-0.05, 0) is 30.3 Å². The lowest BCUT2D eigenvalue weighted by Crippen LogP contribution is -2.15. The summed E-state index contributed by atoms with van der Waals surface area (Å²) in [6.45, 7) is 0.0786. The average Bonchev–Trinajstić information content (AvgIpc) is 2.75. The highest BCUT2D eigenvalue weighted by molar-refractivity contribution is 6.32. The summed E-state index contributed by atoms with van der Waals surface area (Å²) in [4.78, 5) is 12.9. The zero-order chi connectivity index (χ0) is 22.9. The molecule has 0 aliphatic heterocycles. The summed E-state index contributed by atoms with van der Waals surface area (Å²) in [7, 11) is 0. The van der Waals surface area contributed by atoms with Crippen LogP contribution < -0.4 is 14.9 Å². The summed E-state index contributed by atoms with van der Waals surface area (Å²) in [5, 5.41) is 0.425. The smallest absolute Gasteiger partial charge is 0.453 e. The van der Waals surface area contributed by atoms with Crippen molar-refractivity contribution in [1.29, 1.82) is 0 Å². The van der Waals surface area contributed by atoms with E-state index >= 15 is 0 Å². The van der Waals surface area contributed by atoms with Crippen molar-refractivity contribution < 1.29 is 27.1 Å². The number of hydrogen-bond donors (Lipinski definition) is 0. The first kappa shape index (κ1) is 22.0. The largest absolute Gasteiger partial charge is 0.489 e. The highest BCUT2D eigenvalue weighted by Crippen LogP contribution is 2.39. The second-order valence-corrected chi connectivity index (χ2v) is 7.47. The lowest BCUT2D eigenvalue weighted by Gasteiger charge is -2.14. The van der Waals surface area contributed by atoms with Gasteiger partial charge in [-0.15, -0.1) is 0 Å². The molecule has 4 aromatic rings. The molecule has 0 atom stereocenters. The quantitative estimate of drug-likeness (QED) is 0.296. The second-order valence-electron chi connectivity index (χ2n) is 6.66. The van der Waals surface area contributed by atoms with E-state index in [1.807, 2.05) is 0 Å². The lowest BCUT2D eigenvalue weighted by atomic mass is 10.2. The summed E-state index contributed by atoms with van der Waals surface area (Å²) in [5.74, 6) is -2.47. The molecule has 0 fully saturated rings. The van der Waals surface area contributed by atoms with Crippen LogP contribution >= 0.6 is 23.2 Å². The summed E-state index contributed by atoms with van der Waals surface area (Å²) < 4.78 is 57.0. The molecule has 0 unspecified atom stereocenters. The first-order valence-corrected chi connectivity index (χ1v) is 9.96. The predicted molar refractivity (Wildman–Crippen MR) is 115 cm³/mol. The number of para-hydroxylation sites is 1. The zero-order valence-electron chi connectivity index (χ0n) is 16.1. The Morgan fingerprint density at radius 2 is 1.59 bits per heavy atom. The number of ether oxygens (including phenoxy) is 2. The predicted octanol–water partition coefficient (Wildman–Crippen LogP) is 7.49. The summed E-state index contributed by atoms with van der Waals surface area (Å²) in [6.07, 6.45) is -4.99. The van der Waals surface area contributed by atoms with Gasteiger partial charge in [0.25, 0.3) is 5.76 Å². The van der Waals surface area contributed by atoms with Gasteiger partial charge in [-0.2, -0.15) is 13.2 Å². The van der Waals surface area contributed by atoms with Crippen molar-refractivity contribution in [2.24, 2.45) is 0 Å². The number of rotatable bonds is 5. The molecule has 0 aliphatic rings. The van der Waals surface area contributed by atoms with Gasteiger partial charge in [0.15, 0.2) is 0 Å². The zero-order valence-corrected chi connectivity index (χ0v) is 17.6. The van der Waals surface area contributed by atoms with E-state index < -0.39 is 23.1 Å². The van der Waals surface area contributed by atoms with Crippen LogP contribution in [0.15, 0.2) is 75.9 Å². The van der Waals surface area contributed by atoms with Crippen LogP contribution in [0.3, 0.4) is 0 Å². The first-order chi connectivity index (χ1) is 15.2. The summed E-state index contributed by atoms with van der Waals surface area (Å²) in [6, 6.07) is 16.8. The molecule has 0 aliphatic carbocycles. The van der Waals surface area contributed by atoms with Crippen molar-refractivity contribution in [3.05, 3.63) is 98.3 Å². The van der Waals surface area contributed by atoms with E-state index in [4.69, 9.17) is 37.1 Å². The van der Waals surface area contributed by atoms with Crippen LogP contribution in [-0.4, -0.2) is 0 Å². The molecule has 0 saturated heterocycles. The number of alkyl halides is 3. The molecular formula is C23H13Cl2F3O4. The molecule has 164 valence electrons. The van der Waals surface area contributed by atoms with Gasteiger partial charge in [0.1, 0.15) is 23.7 Å². The van der Waals surface area contributed by atoms with Crippen molar-refractivity contribution in [1.82, 2.24) is 0 Å². The van der Waals surface area contributed by atoms with Crippen molar-refractivity contribution in [2.45, 2.75) is 12.8 Å². The third-order valence-electron chi connectivity index (χ3n) is 4.48. The van der Waals surface area contributed by atoms with Crippen LogP contribution in [0.5, 0.6) is 17.2 Å². The molecule has 0 bridgehead atoms. The van der Waals surface area contributed by atoms with E-state index in [0.717, 1.165) is 0 Å². The molecule has 0 saturated carbocycles. The molecule has 0 N–H and O–H groups in total. The standard InChI is InChI=1S/C23H13Cl2F3O4/c24-16-6-2-1-5-13(16)12-30-14-9-10-15-19(11-14)32-22(23(26,27)28)21(20(15)29)31-18-8-4-3-7-17(18)25/h1-11H,12H2. The van der Waals surface area contributed by atoms with E-state index in [1.165, 1.54) is 36.4 Å². The maximum atomic E-state index is 13.7. The Morgan fingerprint density at radius 3 is 2.28 bits per heavy atom. The van der Waals surface area contributed by atoms with Crippen LogP contribution in [0.4, 0.5) is 13.2 Å². The Labute approximate surface area is 189 Å². The van der Waals surface area contributed by atoms with Gasteiger partial charge in [0.2, 0.25) is 11.2 Å². The van der Waals surface area contributed by atoms with Gasteiger partial charge in [-0.1, -0.05) is 53.5 Å². The van der Waals surface area contributed by atoms with Gasteiger partial charge >= 0.3 is 6.18 Å². The highest BCUT2D eigenvalue weighted by Gasteiger charge is 2.40. The molecule has 4 rings (SSSR count). The molecule has 4 nitrogen and oxygen atoms in total. The Hall–Kier alpha value is -3.16. The molecular weight excluding hydrogens is 468 g/mol. The number of fused-ring (bicyclic) bond motifs is 1. The minimum atomic E-state index is -4.99. The van der Waals surface area contributed by atoms with E-state index in [-0.39, 0.29) is 34.1 Å². The van der Waals surface area contributed by atoms with E-state index in [9.17, 15) is 18.0 Å². The topological polar surface area (TPSA) is 48.7 Å². The number of hydrogen-bond acceptors (Lipinski definition) is 4. The molecule has 3 aromatic carbocycles. The highest BCUT2D eigenvalue weighted by atomic mass is 35.5. The minimum Gasteiger partial charge on any atom is -0.489 e. The first-order valence-electron chi connectivity index (χ1n) is 9.20. The van der Waals surface area contributed by atoms with E-state index in [2.05, 4.69) is 0 Å². The summed E-state index contributed by atoms with van der Waals surface area (Å²) >= 11 is 12.0. The fourth-order valence-corrected chi connectivity index (χ4v) is 3.30. The average molecular weight is 481 g/mol. The van der Waals surface area contributed by atoms with Crippen molar-refractivity contribution in [2.75, 3.05) is 0 Å². The SMILES string of the molecule is O=c1c(Oc2ccccc2Cl)c(C(F)(F)F)oc2cc(OCc3ccccc3Cl)ccc12. The van der Waals surface area contributed by atoms with Crippen molar-refractivity contribution >= 4 is 34.2 Å². The molecule has 0 radical (unpaired) electrons. The molecule has 0 amide bonds. The van der Waals surface area contributed by atoms with Crippen molar-refractivity contribution in [3.63, 3.8) is 0 Å². The minimum absolute atomic E-state index is 0.0449. The Balaban J connectivity index is 1.75. The maximum Gasteiger partial charge on any atom is 0.453 e. The Kier molecular flexibility index (Phi) is 6.04. The molecule has 1 aromatic heterocycles. The van der Waals surface area contributed by atoms with Crippen LogP contribution in [0.2, 0.25) is 10.0 Å². The maximum absolute atomic E-state index is 13.7. The number of benzene rings is 3. The number of halogens is 5. The van der Waals surface area contributed by atoms with Crippen LogP contribution in [-0.2, 0) is 12.8 Å². The summed E-state index contributed by atoms with van der Waals surface area (Å²) in [5.41, 5.74) is -0.600. The van der Waals surface area contributed by atoms with Gasteiger partial charge in [0.05, 0.1) is 10.4 Å². The van der Waals surface area contributed by atoms with Crippen molar-refractivity contribution in [3.8, 4) is 17.2 Å². The van der Waals surface area contributed by atoms with Gasteiger partial charge < -0.3 is 13.9 Å². The van der Waals surface area contributed by atoms with Gasteiger partial charge in [-0.25, -0.2) is 0 Å². The van der Waals surface area contributed by atoms with Crippen LogP contribution in [0, 0.1) is 0 Å². The Morgan fingerprint density at radius 1 is 0.906 bits per heavy atom. The van der Waals surface area contributed by atoms with E-state index in [0.29, 0.717) is 10.6 Å². The normalized spacial score (nSPS) is 11.5. The van der Waals surface area contributed by atoms with Gasteiger partial charge in [0, 0.05) is 16.7 Å². The van der Waals surface area contributed by atoms with Gasteiger partial charge in [-0.3, -0.25) is 4.79 Å². The van der Waals surface area contributed by atoms with Crippen LogP contribution in [0.1, 0.15) is 11.3 Å². The fraction of sp³-hybridized carbons (Fsp3) is 0.0870. The van der Waals surface area contributed by atoms with Crippen LogP contribution in [0.25, 0.3) is 11.0 Å². The molecule has 32 heavy (non-hydrogen) atoms. The molecule has 0 spiro atoms. The fourth-order valence-electron chi connectivity index (χ4n) is 2.94. The van der Waals surface area contributed by atoms with E-state index in [1.54, 1.807) is 30.3 Å². The monoisotopic (exact) mass is 480 g/mol. The molecule has 9 heteroatoms. The third-order valence-corrected chi connectivity index (χ3v) is 5.16. The molecule has 1 heterocycles. The second kappa shape index (κ2) is 8.76. The Bertz CT molecular complexity index is 1350. The third kappa shape index (κ3) is 4.54.